The third-order valence-corrected chi connectivity index (χ3v) is 3.32. The van der Waals surface area contributed by atoms with Gasteiger partial charge in [-0.2, -0.15) is 0 Å². The summed E-state index contributed by atoms with van der Waals surface area (Å²) >= 11 is 0. The van der Waals surface area contributed by atoms with Crippen molar-refractivity contribution in [2.45, 2.75) is 20.0 Å². The minimum Gasteiger partial charge on any atom is -0.497 e. The monoisotopic (exact) mass is 330 g/mol. The maximum atomic E-state index is 12.1. The molecular formula is C17H18N2O5. The predicted molar refractivity (Wildman–Crippen MR) is 87.3 cm³/mol. The van der Waals surface area contributed by atoms with Crippen molar-refractivity contribution in [1.29, 1.82) is 0 Å². The van der Waals surface area contributed by atoms with E-state index < -0.39 is 18.0 Å². The fourth-order valence-corrected chi connectivity index (χ4v) is 1.91. The molecular weight excluding hydrogens is 312 g/mol. The Labute approximate surface area is 139 Å². The van der Waals surface area contributed by atoms with Crippen LogP contribution in [0.1, 0.15) is 34.7 Å². The van der Waals surface area contributed by atoms with Crippen LogP contribution < -0.4 is 10.1 Å². The quantitative estimate of drug-likeness (QED) is 0.626. The first kappa shape index (κ1) is 17.3. The lowest BCUT2D eigenvalue weighted by molar-refractivity contribution is -0.123. The first-order valence-electron chi connectivity index (χ1n) is 7.26. The van der Waals surface area contributed by atoms with Crippen LogP contribution in [-0.4, -0.2) is 35.9 Å². The minimum atomic E-state index is -0.997. The highest BCUT2D eigenvalue weighted by Gasteiger charge is 2.20. The lowest BCUT2D eigenvalue weighted by Gasteiger charge is -2.13. The molecule has 0 spiro atoms. The van der Waals surface area contributed by atoms with E-state index in [2.05, 4.69) is 10.3 Å². The standard InChI is InChI=1S/C17H18N2O5/c1-10(20)12-8-15(18-9-12)17(22)24-11(2)16(21)19-13-4-6-14(23-3)7-5-13/h4-9,11,18H,1-3H3,(H,19,21)/t11-/m1/s1. The summed E-state index contributed by atoms with van der Waals surface area (Å²) in [5.41, 5.74) is 1.05. The molecule has 0 aliphatic rings. The number of H-pyrrole nitrogens is 1. The molecule has 0 unspecified atom stereocenters. The van der Waals surface area contributed by atoms with Gasteiger partial charge < -0.3 is 19.8 Å². The summed E-state index contributed by atoms with van der Waals surface area (Å²) in [6.45, 7) is 2.86. The molecule has 0 radical (unpaired) electrons. The lowest BCUT2D eigenvalue weighted by atomic mass is 10.2. The summed E-state index contributed by atoms with van der Waals surface area (Å²) in [6.07, 6.45) is 0.421. The molecule has 24 heavy (non-hydrogen) atoms. The molecule has 126 valence electrons. The molecule has 1 amide bonds. The van der Waals surface area contributed by atoms with Crippen molar-refractivity contribution in [3.63, 3.8) is 0 Å². The van der Waals surface area contributed by atoms with Crippen LogP contribution in [0.5, 0.6) is 5.75 Å². The van der Waals surface area contributed by atoms with Gasteiger partial charge in [0.25, 0.3) is 5.91 Å². The van der Waals surface area contributed by atoms with E-state index in [1.807, 2.05) is 0 Å². The number of nitrogens with one attached hydrogen (secondary N) is 2. The van der Waals surface area contributed by atoms with Crippen LogP contribution in [0.25, 0.3) is 0 Å². The second-order valence-electron chi connectivity index (χ2n) is 5.12. The number of esters is 1. The minimum absolute atomic E-state index is 0.115. The Balaban J connectivity index is 1.94. The summed E-state index contributed by atoms with van der Waals surface area (Å²) in [6, 6.07) is 8.15. The van der Waals surface area contributed by atoms with Gasteiger partial charge in [-0.05, 0) is 44.2 Å². The maximum Gasteiger partial charge on any atom is 0.355 e. The van der Waals surface area contributed by atoms with Gasteiger partial charge in [-0.1, -0.05) is 0 Å². The molecule has 7 heteroatoms. The van der Waals surface area contributed by atoms with Crippen LogP contribution in [0.4, 0.5) is 5.69 Å². The molecule has 0 aliphatic carbocycles. The number of benzene rings is 1. The number of hydrogen-bond acceptors (Lipinski definition) is 5. The Hall–Kier alpha value is -3.09. The Bertz CT molecular complexity index is 749. The van der Waals surface area contributed by atoms with Gasteiger partial charge in [0.1, 0.15) is 11.4 Å². The van der Waals surface area contributed by atoms with Crippen LogP contribution in [-0.2, 0) is 9.53 Å². The number of amides is 1. The second kappa shape index (κ2) is 7.45. The molecule has 2 N–H and O–H groups in total. The van der Waals surface area contributed by atoms with E-state index in [0.29, 0.717) is 17.0 Å². The zero-order valence-electron chi connectivity index (χ0n) is 13.6. The summed E-state index contributed by atoms with van der Waals surface area (Å²) in [4.78, 5) is 37.9. The van der Waals surface area contributed by atoms with Gasteiger partial charge in [0.15, 0.2) is 11.9 Å². The number of rotatable bonds is 6. The molecule has 2 aromatic rings. The van der Waals surface area contributed by atoms with E-state index in [1.165, 1.54) is 26.1 Å². The summed E-state index contributed by atoms with van der Waals surface area (Å²) in [5.74, 6) is -0.678. The van der Waals surface area contributed by atoms with E-state index in [9.17, 15) is 14.4 Å². The highest BCUT2D eigenvalue weighted by Crippen LogP contribution is 2.15. The third-order valence-electron chi connectivity index (χ3n) is 3.32. The maximum absolute atomic E-state index is 12.1. The second-order valence-corrected chi connectivity index (χ2v) is 5.12. The van der Waals surface area contributed by atoms with Crippen molar-refractivity contribution in [2.24, 2.45) is 0 Å². The van der Waals surface area contributed by atoms with Crippen molar-refractivity contribution in [2.75, 3.05) is 12.4 Å². The van der Waals surface area contributed by atoms with Crippen LogP contribution in [0.2, 0.25) is 0 Å². The van der Waals surface area contributed by atoms with Crippen molar-refractivity contribution < 1.29 is 23.9 Å². The number of ketones is 1. The van der Waals surface area contributed by atoms with Gasteiger partial charge >= 0.3 is 5.97 Å². The predicted octanol–water partition coefficient (Wildman–Crippen LogP) is 2.41. The number of hydrogen-bond donors (Lipinski definition) is 2. The number of aromatic nitrogens is 1. The molecule has 0 saturated carbocycles. The average molecular weight is 330 g/mol. The number of aromatic amines is 1. The van der Waals surface area contributed by atoms with Gasteiger partial charge in [-0.3, -0.25) is 9.59 Å². The smallest absolute Gasteiger partial charge is 0.355 e. The fraction of sp³-hybridized carbons (Fsp3) is 0.235. The Kier molecular flexibility index (Phi) is 5.36. The zero-order chi connectivity index (χ0) is 17.7. The topological polar surface area (TPSA) is 97.5 Å². The number of anilines is 1. The zero-order valence-corrected chi connectivity index (χ0v) is 13.6. The van der Waals surface area contributed by atoms with Crippen LogP contribution in [0.3, 0.4) is 0 Å². The number of ether oxygens (including phenoxy) is 2. The van der Waals surface area contributed by atoms with Crippen LogP contribution in [0, 0.1) is 0 Å². The van der Waals surface area contributed by atoms with E-state index >= 15 is 0 Å². The Morgan fingerprint density at radius 1 is 1.17 bits per heavy atom. The first-order chi connectivity index (χ1) is 11.4. The number of Topliss-reactive ketones (excluding diaryl/α,β-unsaturated/α-hetero) is 1. The van der Waals surface area contributed by atoms with Crippen molar-refractivity contribution in [1.82, 2.24) is 4.98 Å². The van der Waals surface area contributed by atoms with E-state index in [1.54, 1.807) is 31.4 Å². The van der Waals surface area contributed by atoms with E-state index in [-0.39, 0.29) is 11.5 Å². The SMILES string of the molecule is COc1ccc(NC(=O)[C@@H](C)OC(=O)c2cc(C(C)=O)c[nH]2)cc1. The van der Waals surface area contributed by atoms with Crippen molar-refractivity contribution >= 4 is 23.3 Å². The average Bonchev–Trinajstić information content (AvgIpc) is 3.06. The molecule has 1 atom stereocenters. The molecule has 0 aliphatic heterocycles. The number of methoxy groups -OCH3 is 1. The molecule has 1 aromatic heterocycles. The fourth-order valence-electron chi connectivity index (χ4n) is 1.91. The normalized spacial score (nSPS) is 11.5. The molecule has 7 nitrogen and oxygen atoms in total. The molecule has 1 aromatic carbocycles. The van der Waals surface area contributed by atoms with Gasteiger partial charge in [0, 0.05) is 17.4 Å². The van der Waals surface area contributed by atoms with Crippen LogP contribution >= 0.6 is 0 Å². The Morgan fingerprint density at radius 2 is 1.83 bits per heavy atom. The Morgan fingerprint density at radius 3 is 2.38 bits per heavy atom. The van der Waals surface area contributed by atoms with Gasteiger partial charge in [0.05, 0.1) is 7.11 Å². The van der Waals surface area contributed by atoms with Gasteiger partial charge in [-0.25, -0.2) is 4.79 Å². The molecule has 0 saturated heterocycles. The summed E-state index contributed by atoms with van der Waals surface area (Å²) in [5, 5.41) is 2.64. The summed E-state index contributed by atoms with van der Waals surface area (Å²) in [7, 11) is 1.55. The molecule has 2 rings (SSSR count). The first-order valence-corrected chi connectivity index (χ1v) is 7.26. The van der Waals surface area contributed by atoms with Crippen LogP contribution in [0.15, 0.2) is 36.5 Å². The molecule has 1 heterocycles. The summed E-state index contributed by atoms with van der Waals surface area (Å²) < 4.78 is 10.1. The highest BCUT2D eigenvalue weighted by molar-refractivity contribution is 5.99. The highest BCUT2D eigenvalue weighted by atomic mass is 16.5. The third kappa shape index (κ3) is 4.22. The van der Waals surface area contributed by atoms with Crippen molar-refractivity contribution in [3.05, 3.63) is 47.8 Å². The van der Waals surface area contributed by atoms with Gasteiger partial charge in [-0.15, -0.1) is 0 Å². The number of carbonyl (C=O) groups is 3. The molecule has 0 bridgehead atoms. The largest absolute Gasteiger partial charge is 0.497 e. The molecule has 0 fully saturated rings. The van der Waals surface area contributed by atoms with E-state index in [0.717, 1.165) is 0 Å². The van der Waals surface area contributed by atoms with E-state index in [4.69, 9.17) is 9.47 Å². The van der Waals surface area contributed by atoms with Gasteiger partial charge in [0.2, 0.25) is 0 Å². The number of carbonyl (C=O) groups excluding carboxylic acids is 3. The lowest BCUT2D eigenvalue weighted by Crippen LogP contribution is -2.30. The van der Waals surface area contributed by atoms with Crippen molar-refractivity contribution in [3.8, 4) is 5.75 Å².